The summed E-state index contributed by atoms with van der Waals surface area (Å²) in [5.74, 6) is 0. The standard InChI is InChI=1S/C12H6F12O2.C6H12N2/c13-9(14,15)7(25,10(16,17)18)5-2-1-3-6(4-5)8(26,11(19,20)21)12(22,23)24;1-2-8-5-3-7(1)4-6-8/h1-4,25-26H;1-6H2. The maximum atomic E-state index is 12.7. The van der Waals surface area contributed by atoms with Crippen molar-refractivity contribution in [2.75, 3.05) is 39.3 Å². The molecular weight excluding hydrogens is 504 g/mol. The van der Waals surface area contributed by atoms with Gasteiger partial charge in [-0.3, -0.25) is 9.80 Å². The van der Waals surface area contributed by atoms with Crippen LogP contribution in [-0.4, -0.2) is 84.0 Å². The molecule has 3 heterocycles. The molecule has 4 nitrogen and oxygen atoms in total. The van der Waals surface area contributed by atoms with E-state index >= 15 is 0 Å². The molecule has 0 aliphatic carbocycles. The van der Waals surface area contributed by atoms with Gasteiger partial charge in [0.25, 0.3) is 11.2 Å². The van der Waals surface area contributed by atoms with Crippen LogP contribution in [0.25, 0.3) is 0 Å². The van der Waals surface area contributed by atoms with Gasteiger partial charge in [0.2, 0.25) is 0 Å². The van der Waals surface area contributed by atoms with Crippen LogP contribution in [0.5, 0.6) is 0 Å². The molecule has 2 bridgehead atoms. The van der Waals surface area contributed by atoms with E-state index in [1.807, 2.05) is 0 Å². The number of piperazine rings is 3. The van der Waals surface area contributed by atoms with Gasteiger partial charge in [-0.25, -0.2) is 0 Å². The van der Waals surface area contributed by atoms with Gasteiger partial charge in [0, 0.05) is 50.4 Å². The Morgan fingerprint density at radius 3 is 0.912 bits per heavy atom. The number of hydrogen-bond donors (Lipinski definition) is 2. The average Bonchev–Trinajstić information content (AvgIpc) is 2.71. The number of aliphatic hydroxyl groups is 2. The molecule has 0 aromatic heterocycles. The van der Waals surface area contributed by atoms with E-state index in [9.17, 15) is 52.7 Å². The van der Waals surface area contributed by atoms with E-state index in [4.69, 9.17) is 10.2 Å². The topological polar surface area (TPSA) is 46.9 Å². The van der Waals surface area contributed by atoms with Crippen LogP contribution in [0.1, 0.15) is 11.1 Å². The van der Waals surface area contributed by atoms with Crippen LogP contribution in [0.2, 0.25) is 0 Å². The highest BCUT2D eigenvalue weighted by Crippen LogP contribution is 2.53. The zero-order valence-electron chi connectivity index (χ0n) is 16.9. The van der Waals surface area contributed by atoms with Crippen LogP contribution in [0.4, 0.5) is 52.7 Å². The Morgan fingerprint density at radius 1 is 0.500 bits per heavy atom. The van der Waals surface area contributed by atoms with Crippen LogP contribution < -0.4 is 0 Å². The summed E-state index contributed by atoms with van der Waals surface area (Å²) in [5, 5.41) is 18.1. The number of fused-ring (bicyclic) bond motifs is 3. The molecule has 1 aromatic rings. The fourth-order valence-corrected chi connectivity index (χ4v) is 3.46. The minimum absolute atomic E-state index is 0.0322. The minimum Gasteiger partial charge on any atom is -0.369 e. The predicted molar refractivity (Wildman–Crippen MR) is 91.3 cm³/mol. The van der Waals surface area contributed by atoms with E-state index in [0.717, 1.165) is 0 Å². The summed E-state index contributed by atoms with van der Waals surface area (Å²) in [5.41, 5.74) is -16.3. The number of hydrogen-bond acceptors (Lipinski definition) is 4. The number of halogens is 12. The molecule has 0 amide bonds. The zero-order valence-corrected chi connectivity index (χ0v) is 16.9. The summed E-state index contributed by atoms with van der Waals surface area (Å²) in [6, 6.07) is -1.26. The first-order valence-electron chi connectivity index (χ1n) is 9.43. The largest absolute Gasteiger partial charge is 0.430 e. The quantitative estimate of drug-likeness (QED) is 0.579. The van der Waals surface area contributed by atoms with Crippen LogP contribution in [0, 0.1) is 0 Å². The van der Waals surface area contributed by atoms with Gasteiger partial charge in [-0.2, -0.15) is 52.7 Å². The molecule has 34 heavy (non-hydrogen) atoms. The second-order valence-electron chi connectivity index (χ2n) is 7.68. The van der Waals surface area contributed by atoms with Gasteiger partial charge >= 0.3 is 24.7 Å². The normalized spacial score (nSPS) is 22.3. The molecule has 4 rings (SSSR count). The van der Waals surface area contributed by atoms with E-state index in [0.29, 0.717) is 0 Å². The van der Waals surface area contributed by atoms with Crippen LogP contribution in [-0.2, 0) is 11.2 Å². The van der Waals surface area contributed by atoms with Crippen molar-refractivity contribution in [3.8, 4) is 0 Å². The van der Waals surface area contributed by atoms with Gasteiger partial charge < -0.3 is 10.2 Å². The van der Waals surface area contributed by atoms with E-state index < -0.39 is 53.1 Å². The second-order valence-corrected chi connectivity index (χ2v) is 7.68. The molecule has 16 heteroatoms. The fraction of sp³-hybridized carbons (Fsp3) is 0.667. The smallest absolute Gasteiger partial charge is 0.369 e. The van der Waals surface area contributed by atoms with E-state index in [1.165, 1.54) is 39.3 Å². The highest BCUT2D eigenvalue weighted by atomic mass is 19.4. The Kier molecular flexibility index (Phi) is 7.55. The molecule has 0 atom stereocenters. The molecule has 3 fully saturated rings. The first-order chi connectivity index (χ1) is 15.2. The van der Waals surface area contributed by atoms with Crippen molar-refractivity contribution < 1.29 is 62.9 Å². The lowest BCUT2D eigenvalue weighted by Gasteiger charge is -2.41. The number of nitrogens with zero attached hydrogens (tertiary/aromatic N) is 2. The highest BCUT2D eigenvalue weighted by Gasteiger charge is 2.74. The van der Waals surface area contributed by atoms with Gasteiger partial charge in [-0.15, -0.1) is 0 Å². The molecule has 3 aliphatic rings. The van der Waals surface area contributed by atoms with Gasteiger partial charge in [0.1, 0.15) is 0 Å². The van der Waals surface area contributed by atoms with E-state index in [2.05, 4.69) is 9.80 Å². The maximum absolute atomic E-state index is 12.7. The Morgan fingerprint density at radius 2 is 0.735 bits per heavy atom. The molecule has 3 aliphatic heterocycles. The molecule has 196 valence electrons. The minimum atomic E-state index is -6.54. The average molecular weight is 522 g/mol. The summed E-state index contributed by atoms with van der Waals surface area (Å²) in [4.78, 5) is 5.08. The highest BCUT2D eigenvalue weighted by molar-refractivity contribution is 5.36. The first-order valence-corrected chi connectivity index (χ1v) is 9.43. The third kappa shape index (κ3) is 5.09. The maximum Gasteiger partial charge on any atom is 0.430 e. The monoisotopic (exact) mass is 522 g/mol. The van der Waals surface area contributed by atoms with Gasteiger partial charge in [-0.1, -0.05) is 18.2 Å². The molecule has 3 saturated heterocycles. The van der Waals surface area contributed by atoms with Gasteiger partial charge in [0.15, 0.2) is 0 Å². The third-order valence-corrected chi connectivity index (χ3v) is 5.54. The molecule has 0 spiro atoms. The summed E-state index contributed by atoms with van der Waals surface area (Å²) in [6.45, 7) is 7.92. The molecule has 0 saturated carbocycles. The van der Waals surface area contributed by atoms with Crippen molar-refractivity contribution in [3.05, 3.63) is 35.4 Å². The summed E-state index contributed by atoms with van der Waals surface area (Å²) in [7, 11) is 0. The predicted octanol–water partition coefficient (Wildman–Crippen LogP) is 3.93. The second kappa shape index (κ2) is 9.02. The Bertz CT molecular complexity index is 735. The van der Waals surface area contributed by atoms with Crippen LogP contribution in [0.15, 0.2) is 24.3 Å². The Labute approximate surface area is 184 Å². The lowest BCUT2D eigenvalue weighted by atomic mass is 9.85. The summed E-state index contributed by atoms with van der Waals surface area (Å²) < 4.78 is 152. The van der Waals surface area contributed by atoms with E-state index in [1.54, 1.807) is 0 Å². The van der Waals surface area contributed by atoms with Crippen LogP contribution >= 0.6 is 0 Å². The Hall–Kier alpha value is -1.78. The number of rotatable bonds is 2. The molecular formula is C18H18F12N2O2. The van der Waals surface area contributed by atoms with E-state index in [-0.39, 0.29) is 18.2 Å². The lowest BCUT2D eigenvalue weighted by molar-refractivity contribution is -0.378. The van der Waals surface area contributed by atoms with Gasteiger partial charge in [-0.05, 0) is 6.07 Å². The lowest BCUT2D eigenvalue weighted by Crippen LogP contribution is -2.55. The van der Waals surface area contributed by atoms with Crippen molar-refractivity contribution in [1.82, 2.24) is 9.80 Å². The number of benzene rings is 1. The van der Waals surface area contributed by atoms with Crippen molar-refractivity contribution in [1.29, 1.82) is 0 Å². The first kappa shape index (κ1) is 28.5. The van der Waals surface area contributed by atoms with Gasteiger partial charge in [0.05, 0.1) is 0 Å². The van der Waals surface area contributed by atoms with Crippen molar-refractivity contribution in [2.24, 2.45) is 0 Å². The molecule has 0 unspecified atom stereocenters. The molecule has 0 radical (unpaired) electrons. The third-order valence-electron chi connectivity index (χ3n) is 5.54. The van der Waals surface area contributed by atoms with Crippen molar-refractivity contribution in [3.63, 3.8) is 0 Å². The zero-order chi connectivity index (χ0) is 26.4. The van der Waals surface area contributed by atoms with Crippen molar-refractivity contribution in [2.45, 2.75) is 35.9 Å². The number of alkyl halides is 12. The molecule has 1 aromatic carbocycles. The Balaban J connectivity index is 0.000000420. The summed E-state index contributed by atoms with van der Waals surface area (Å²) >= 11 is 0. The fourth-order valence-electron chi connectivity index (χ4n) is 3.46. The molecule has 2 N–H and O–H groups in total. The SMILES string of the molecule is C1CN2CCN1CC2.OC(c1cccc(C(O)(C(F)(F)F)C(F)(F)F)c1)(C(F)(F)F)C(F)(F)F. The van der Waals surface area contributed by atoms with Crippen LogP contribution in [0.3, 0.4) is 0 Å². The van der Waals surface area contributed by atoms with Crippen molar-refractivity contribution >= 4 is 0 Å². The summed E-state index contributed by atoms with van der Waals surface area (Å²) in [6.07, 6.45) is -26.2.